The van der Waals surface area contributed by atoms with E-state index in [1.165, 1.54) is 17.8 Å². The molecule has 1 amide bonds. The summed E-state index contributed by atoms with van der Waals surface area (Å²) in [6.07, 6.45) is -0.617. The maximum atomic E-state index is 13.2. The molecule has 30 heavy (non-hydrogen) atoms. The highest BCUT2D eigenvalue weighted by atomic mass is 19.4. The van der Waals surface area contributed by atoms with E-state index in [1.54, 1.807) is 12.3 Å². The number of fused-ring (bicyclic) bond motifs is 1. The van der Waals surface area contributed by atoms with Gasteiger partial charge in [-0.05, 0) is 19.9 Å². The van der Waals surface area contributed by atoms with Crippen molar-refractivity contribution in [1.29, 1.82) is 0 Å². The van der Waals surface area contributed by atoms with Gasteiger partial charge in [-0.15, -0.1) is 0 Å². The number of carbonyl (C=O) groups is 1. The van der Waals surface area contributed by atoms with Crippen molar-refractivity contribution in [2.24, 2.45) is 7.05 Å². The summed E-state index contributed by atoms with van der Waals surface area (Å²) in [6, 6.07) is 2.28. The van der Waals surface area contributed by atoms with Gasteiger partial charge in [-0.2, -0.15) is 23.4 Å². The van der Waals surface area contributed by atoms with Crippen LogP contribution in [0.15, 0.2) is 24.7 Å². The summed E-state index contributed by atoms with van der Waals surface area (Å²) in [4.78, 5) is 19.5. The van der Waals surface area contributed by atoms with E-state index in [9.17, 15) is 18.0 Å². The van der Waals surface area contributed by atoms with Crippen molar-refractivity contribution in [3.05, 3.63) is 35.9 Å². The van der Waals surface area contributed by atoms with Crippen molar-refractivity contribution in [3.63, 3.8) is 0 Å². The van der Waals surface area contributed by atoms with Crippen LogP contribution in [0, 0.1) is 0 Å². The zero-order valence-corrected chi connectivity index (χ0v) is 16.6. The fourth-order valence-corrected chi connectivity index (χ4v) is 3.50. The lowest BCUT2D eigenvalue weighted by atomic mass is 10.1. The van der Waals surface area contributed by atoms with Crippen molar-refractivity contribution in [2.75, 3.05) is 23.3 Å². The van der Waals surface area contributed by atoms with Gasteiger partial charge in [-0.1, -0.05) is 0 Å². The third kappa shape index (κ3) is 3.70. The van der Waals surface area contributed by atoms with E-state index in [2.05, 4.69) is 44.6 Å². The molecule has 1 saturated heterocycles. The molecule has 160 valence electrons. The first-order chi connectivity index (χ1) is 14.1. The fourth-order valence-electron chi connectivity index (χ4n) is 3.50. The van der Waals surface area contributed by atoms with E-state index in [1.807, 2.05) is 0 Å². The minimum absolute atomic E-state index is 0.0738. The average molecular weight is 422 g/mol. The second-order valence-electron chi connectivity index (χ2n) is 7.44. The number of rotatable bonds is 3. The molecule has 9 nitrogen and oxygen atoms in total. The summed E-state index contributed by atoms with van der Waals surface area (Å²) in [5.74, 6) is -0.0647. The van der Waals surface area contributed by atoms with Crippen LogP contribution in [0.25, 0.3) is 5.65 Å². The number of alkyl halides is 3. The van der Waals surface area contributed by atoms with Gasteiger partial charge >= 0.3 is 6.18 Å². The lowest BCUT2D eigenvalue weighted by Crippen LogP contribution is -2.54. The van der Waals surface area contributed by atoms with Gasteiger partial charge in [0.2, 0.25) is 0 Å². The van der Waals surface area contributed by atoms with Crippen LogP contribution in [0.2, 0.25) is 0 Å². The van der Waals surface area contributed by atoms with Crippen molar-refractivity contribution in [1.82, 2.24) is 29.7 Å². The Morgan fingerprint density at radius 3 is 2.83 bits per heavy atom. The molecule has 0 bridgehead atoms. The molecule has 0 radical (unpaired) electrons. The van der Waals surface area contributed by atoms with Gasteiger partial charge in [0.25, 0.3) is 5.91 Å². The number of nitrogens with one attached hydrogen (secondary N) is 2. The number of halogens is 3. The van der Waals surface area contributed by atoms with Gasteiger partial charge in [0.15, 0.2) is 11.3 Å². The van der Waals surface area contributed by atoms with Gasteiger partial charge in [0.05, 0.1) is 11.9 Å². The zero-order chi connectivity index (χ0) is 21.6. The van der Waals surface area contributed by atoms with Crippen LogP contribution >= 0.6 is 0 Å². The first kappa shape index (κ1) is 20.1. The minimum atomic E-state index is -4.69. The van der Waals surface area contributed by atoms with Crippen LogP contribution in [0.4, 0.5) is 24.7 Å². The molecule has 3 aromatic heterocycles. The smallest absolute Gasteiger partial charge is 0.351 e. The number of aromatic nitrogens is 5. The first-order valence-corrected chi connectivity index (χ1v) is 9.40. The third-order valence-corrected chi connectivity index (χ3v) is 5.00. The topological polar surface area (TPSA) is 92.4 Å². The molecule has 0 saturated carbocycles. The summed E-state index contributed by atoms with van der Waals surface area (Å²) >= 11 is 0. The quantitative estimate of drug-likeness (QED) is 0.670. The summed E-state index contributed by atoms with van der Waals surface area (Å²) < 4.78 is 41.9. The van der Waals surface area contributed by atoms with E-state index in [-0.39, 0.29) is 23.3 Å². The second kappa shape index (κ2) is 7.27. The number of nitrogens with zero attached hydrogens (tertiary/aromatic N) is 6. The lowest BCUT2D eigenvalue weighted by Gasteiger charge is -2.38. The Labute approximate surface area is 169 Å². The van der Waals surface area contributed by atoms with Crippen molar-refractivity contribution < 1.29 is 18.0 Å². The third-order valence-electron chi connectivity index (χ3n) is 5.00. The number of hydrogen-bond donors (Lipinski definition) is 2. The molecular weight excluding hydrogens is 401 g/mol. The van der Waals surface area contributed by atoms with Crippen LogP contribution < -0.4 is 15.5 Å². The Morgan fingerprint density at radius 2 is 2.10 bits per heavy atom. The van der Waals surface area contributed by atoms with Gasteiger partial charge in [-0.25, -0.2) is 9.50 Å². The highest BCUT2D eigenvalue weighted by Crippen LogP contribution is 2.33. The Balaban J connectivity index is 1.66. The minimum Gasteiger partial charge on any atom is -0.351 e. The SMILES string of the molecule is C[C@H]1CN(c2ccn3ncc(C(=O)Nc4cn(C)nc4C(F)(F)F)c3n2)[C@@H](C)CN1. The maximum absolute atomic E-state index is 13.2. The predicted molar refractivity (Wildman–Crippen MR) is 103 cm³/mol. The number of amides is 1. The standard InChI is InChI=1S/C18H21F3N8O/c1-10-8-28(11(2)6-22-10)14-4-5-29-16(25-14)12(7-23-29)17(30)24-13-9-27(3)26-15(13)18(19,20)21/h4-5,7,9-11,22H,6,8H2,1-3H3,(H,24,30)/t10-,11-/m0/s1. The molecule has 0 aliphatic carbocycles. The molecule has 4 heterocycles. The van der Waals surface area contributed by atoms with Crippen LogP contribution in [0.1, 0.15) is 29.9 Å². The summed E-state index contributed by atoms with van der Waals surface area (Å²) in [7, 11) is 1.35. The van der Waals surface area contributed by atoms with Gasteiger partial charge in [0, 0.05) is 44.6 Å². The Morgan fingerprint density at radius 1 is 1.33 bits per heavy atom. The molecule has 3 aromatic rings. The van der Waals surface area contributed by atoms with Crippen LogP contribution in [0.3, 0.4) is 0 Å². The average Bonchev–Trinajstić information content (AvgIpc) is 3.26. The molecule has 2 atom stereocenters. The van der Waals surface area contributed by atoms with E-state index >= 15 is 0 Å². The molecule has 4 rings (SSSR count). The molecular formula is C18H21F3N8O. The van der Waals surface area contributed by atoms with Crippen molar-refractivity contribution in [3.8, 4) is 0 Å². The highest BCUT2D eigenvalue weighted by molar-refractivity contribution is 6.08. The van der Waals surface area contributed by atoms with E-state index in [0.29, 0.717) is 5.82 Å². The van der Waals surface area contributed by atoms with Crippen LogP contribution in [-0.2, 0) is 13.2 Å². The largest absolute Gasteiger partial charge is 0.437 e. The molecule has 1 aliphatic heterocycles. The van der Waals surface area contributed by atoms with E-state index in [0.717, 1.165) is 24.0 Å². The van der Waals surface area contributed by atoms with Gasteiger partial charge in [-0.3, -0.25) is 9.48 Å². The molecule has 1 fully saturated rings. The molecule has 0 spiro atoms. The zero-order valence-electron chi connectivity index (χ0n) is 16.6. The van der Waals surface area contributed by atoms with Gasteiger partial charge < -0.3 is 15.5 Å². The Bertz CT molecular complexity index is 1090. The number of carbonyl (C=O) groups excluding carboxylic acids is 1. The first-order valence-electron chi connectivity index (χ1n) is 9.40. The second-order valence-corrected chi connectivity index (χ2v) is 7.44. The maximum Gasteiger partial charge on any atom is 0.437 e. The number of aryl methyl sites for hydroxylation is 1. The lowest BCUT2D eigenvalue weighted by molar-refractivity contribution is -0.140. The highest BCUT2D eigenvalue weighted by Gasteiger charge is 2.38. The summed E-state index contributed by atoms with van der Waals surface area (Å²) in [5, 5.41) is 13.2. The summed E-state index contributed by atoms with van der Waals surface area (Å²) in [5.41, 5.74) is -1.24. The predicted octanol–water partition coefficient (Wildman–Crippen LogP) is 1.92. The Kier molecular flexibility index (Phi) is 4.88. The molecule has 1 aliphatic rings. The summed E-state index contributed by atoms with van der Waals surface area (Å²) in [6.45, 7) is 5.67. The van der Waals surface area contributed by atoms with Crippen molar-refractivity contribution in [2.45, 2.75) is 32.1 Å². The Hall–Kier alpha value is -3.15. The van der Waals surface area contributed by atoms with Crippen LogP contribution in [-0.4, -0.2) is 55.5 Å². The van der Waals surface area contributed by atoms with Crippen LogP contribution in [0.5, 0.6) is 0 Å². The number of hydrogen-bond acceptors (Lipinski definition) is 6. The number of anilines is 2. The van der Waals surface area contributed by atoms with E-state index in [4.69, 9.17) is 0 Å². The molecule has 12 heteroatoms. The van der Waals surface area contributed by atoms with Gasteiger partial charge in [0.1, 0.15) is 11.4 Å². The molecule has 2 N–H and O–H groups in total. The monoisotopic (exact) mass is 422 g/mol. The molecule has 0 aromatic carbocycles. The number of piperazine rings is 1. The van der Waals surface area contributed by atoms with E-state index < -0.39 is 23.5 Å². The fraction of sp³-hybridized carbons (Fsp3) is 0.444. The molecule has 0 unspecified atom stereocenters. The normalized spacial score (nSPS) is 20.0. The van der Waals surface area contributed by atoms with Crippen molar-refractivity contribution >= 4 is 23.1 Å².